The van der Waals surface area contributed by atoms with E-state index in [0.29, 0.717) is 6.04 Å². The van der Waals surface area contributed by atoms with Gasteiger partial charge >= 0.3 is 0 Å². The van der Waals surface area contributed by atoms with Crippen LogP contribution in [0.4, 0.5) is 0 Å². The third kappa shape index (κ3) is 4.29. The summed E-state index contributed by atoms with van der Waals surface area (Å²) >= 11 is 0. The summed E-state index contributed by atoms with van der Waals surface area (Å²) in [6, 6.07) is 9.50. The van der Waals surface area contributed by atoms with E-state index in [0.717, 1.165) is 19.5 Å². The van der Waals surface area contributed by atoms with E-state index in [2.05, 4.69) is 54.8 Å². The normalized spacial score (nSPS) is 20.4. The van der Waals surface area contributed by atoms with Crippen LogP contribution in [0.1, 0.15) is 43.9 Å². The molecule has 2 atom stereocenters. The van der Waals surface area contributed by atoms with Gasteiger partial charge in [-0.1, -0.05) is 43.7 Å². The SMILES string of the molecule is CCCN1CCN(C(c2ccc(C)cc2)C(N)CC)CC1. The molecule has 1 aliphatic heterocycles. The van der Waals surface area contributed by atoms with Gasteiger partial charge in [0.1, 0.15) is 0 Å². The Morgan fingerprint density at radius 3 is 2.19 bits per heavy atom. The molecule has 0 aromatic heterocycles. The summed E-state index contributed by atoms with van der Waals surface area (Å²) in [4.78, 5) is 5.16. The molecule has 2 rings (SSSR count). The fraction of sp³-hybridized carbons (Fsp3) is 0.667. The Hall–Kier alpha value is -0.900. The molecule has 3 heteroatoms. The van der Waals surface area contributed by atoms with Crippen molar-refractivity contribution >= 4 is 0 Å². The van der Waals surface area contributed by atoms with Gasteiger partial charge in [-0.05, 0) is 31.9 Å². The Balaban J connectivity index is 2.09. The maximum absolute atomic E-state index is 6.46. The second-order valence-corrected chi connectivity index (χ2v) is 6.31. The fourth-order valence-corrected chi connectivity index (χ4v) is 3.30. The lowest BCUT2D eigenvalue weighted by molar-refractivity contribution is 0.0836. The van der Waals surface area contributed by atoms with Crippen LogP contribution in [0.3, 0.4) is 0 Å². The molecule has 0 spiro atoms. The predicted molar refractivity (Wildman–Crippen MR) is 90.5 cm³/mol. The highest BCUT2D eigenvalue weighted by Crippen LogP contribution is 2.26. The first kappa shape index (κ1) is 16.5. The van der Waals surface area contributed by atoms with Crippen molar-refractivity contribution in [1.29, 1.82) is 0 Å². The highest BCUT2D eigenvalue weighted by atomic mass is 15.3. The van der Waals surface area contributed by atoms with Gasteiger partial charge in [-0.2, -0.15) is 0 Å². The maximum Gasteiger partial charge on any atom is 0.0500 e. The lowest BCUT2D eigenvalue weighted by atomic mass is 9.95. The molecule has 1 fully saturated rings. The topological polar surface area (TPSA) is 32.5 Å². The number of hydrogen-bond donors (Lipinski definition) is 1. The van der Waals surface area contributed by atoms with Gasteiger partial charge in [0.2, 0.25) is 0 Å². The van der Waals surface area contributed by atoms with Crippen molar-refractivity contribution in [2.45, 2.75) is 45.7 Å². The van der Waals surface area contributed by atoms with Gasteiger partial charge in [0.15, 0.2) is 0 Å². The average molecular weight is 289 g/mol. The second kappa shape index (κ2) is 7.92. The predicted octanol–water partition coefficient (Wildman–Crippen LogP) is 2.80. The number of hydrogen-bond acceptors (Lipinski definition) is 3. The van der Waals surface area contributed by atoms with Crippen molar-refractivity contribution in [2.75, 3.05) is 32.7 Å². The number of aryl methyl sites for hydroxylation is 1. The Labute approximate surface area is 130 Å². The van der Waals surface area contributed by atoms with Crippen molar-refractivity contribution in [3.63, 3.8) is 0 Å². The van der Waals surface area contributed by atoms with Gasteiger partial charge in [0.25, 0.3) is 0 Å². The first-order valence-electron chi connectivity index (χ1n) is 8.44. The van der Waals surface area contributed by atoms with Crippen LogP contribution < -0.4 is 5.73 Å². The van der Waals surface area contributed by atoms with Crippen LogP contribution >= 0.6 is 0 Å². The molecule has 0 saturated carbocycles. The van der Waals surface area contributed by atoms with E-state index in [1.807, 2.05) is 0 Å². The zero-order chi connectivity index (χ0) is 15.2. The molecular formula is C18H31N3. The first-order valence-corrected chi connectivity index (χ1v) is 8.44. The third-order valence-electron chi connectivity index (χ3n) is 4.64. The molecule has 1 saturated heterocycles. The summed E-state index contributed by atoms with van der Waals surface area (Å²) in [7, 11) is 0. The monoisotopic (exact) mass is 289 g/mol. The van der Waals surface area contributed by atoms with E-state index in [1.165, 1.54) is 37.2 Å². The van der Waals surface area contributed by atoms with Crippen molar-refractivity contribution in [1.82, 2.24) is 9.80 Å². The summed E-state index contributed by atoms with van der Waals surface area (Å²) in [5, 5.41) is 0. The number of nitrogens with two attached hydrogens (primary N) is 1. The van der Waals surface area contributed by atoms with Crippen LogP contribution in [0, 0.1) is 6.92 Å². The number of benzene rings is 1. The molecule has 1 aromatic rings. The zero-order valence-corrected chi connectivity index (χ0v) is 13.9. The highest BCUT2D eigenvalue weighted by Gasteiger charge is 2.28. The van der Waals surface area contributed by atoms with Gasteiger partial charge in [0, 0.05) is 38.3 Å². The zero-order valence-electron chi connectivity index (χ0n) is 13.9. The van der Waals surface area contributed by atoms with Crippen LogP contribution in [-0.2, 0) is 0 Å². The number of piperazine rings is 1. The van der Waals surface area contributed by atoms with Crippen molar-refractivity contribution in [2.24, 2.45) is 5.73 Å². The van der Waals surface area contributed by atoms with Gasteiger partial charge in [0.05, 0.1) is 0 Å². The molecule has 1 aromatic carbocycles. The molecule has 3 nitrogen and oxygen atoms in total. The summed E-state index contributed by atoms with van der Waals surface area (Å²) in [6.45, 7) is 12.4. The standard InChI is InChI=1S/C18H31N3/c1-4-10-20-11-13-21(14-12-20)18(17(19)5-2)16-8-6-15(3)7-9-16/h6-9,17-18H,4-5,10-14,19H2,1-3H3. The van der Waals surface area contributed by atoms with Crippen LogP contribution in [0.25, 0.3) is 0 Å². The van der Waals surface area contributed by atoms with Crippen molar-refractivity contribution < 1.29 is 0 Å². The van der Waals surface area contributed by atoms with E-state index in [-0.39, 0.29) is 6.04 Å². The van der Waals surface area contributed by atoms with E-state index >= 15 is 0 Å². The third-order valence-corrected chi connectivity index (χ3v) is 4.64. The fourth-order valence-electron chi connectivity index (χ4n) is 3.30. The summed E-state index contributed by atoms with van der Waals surface area (Å²) < 4.78 is 0. The minimum atomic E-state index is 0.213. The van der Waals surface area contributed by atoms with Crippen molar-refractivity contribution in [3.8, 4) is 0 Å². The van der Waals surface area contributed by atoms with Crippen LogP contribution in [0.5, 0.6) is 0 Å². The van der Waals surface area contributed by atoms with E-state index < -0.39 is 0 Å². The minimum absolute atomic E-state index is 0.213. The molecule has 0 bridgehead atoms. The Morgan fingerprint density at radius 2 is 1.67 bits per heavy atom. The summed E-state index contributed by atoms with van der Waals surface area (Å²) in [6.07, 6.45) is 2.27. The Morgan fingerprint density at radius 1 is 1.05 bits per heavy atom. The Bertz CT molecular complexity index is 407. The quantitative estimate of drug-likeness (QED) is 0.874. The van der Waals surface area contributed by atoms with Gasteiger partial charge < -0.3 is 10.6 Å². The largest absolute Gasteiger partial charge is 0.326 e. The molecular weight excluding hydrogens is 258 g/mol. The first-order chi connectivity index (χ1) is 10.2. The molecule has 2 unspecified atom stereocenters. The van der Waals surface area contributed by atoms with Crippen LogP contribution in [0.2, 0.25) is 0 Å². The second-order valence-electron chi connectivity index (χ2n) is 6.31. The van der Waals surface area contributed by atoms with Gasteiger partial charge in [-0.15, -0.1) is 0 Å². The van der Waals surface area contributed by atoms with Crippen LogP contribution in [-0.4, -0.2) is 48.6 Å². The van der Waals surface area contributed by atoms with Crippen LogP contribution in [0.15, 0.2) is 24.3 Å². The van der Waals surface area contributed by atoms with E-state index in [1.54, 1.807) is 0 Å². The number of nitrogens with zero attached hydrogens (tertiary/aromatic N) is 2. The molecule has 1 heterocycles. The molecule has 0 aliphatic carbocycles. The highest BCUT2D eigenvalue weighted by molar-refractivity contribution is 5.25. The number of rotatable bonds is 6. The average Bonchev–Trinajstić information content (AvgIpc) is 2.51. The summed E-state index contributed by atoms with van der Waals surface area (Å²) in [5.74, 6) is 0. The molecule has 1 aliphatic rings. The maximum atomic E-state index is 6.46. The van der Waals surface area contributed by atoms with E-state index in [4.69, 9.17) is 5.73 Å². The summed E-state index contributed by atoms with van der Waals surface area (Å²) in [5.41, 5.74) is 9.15. The lowest BCUT2D eigenvalue weighted by Gasteiger charge is -2.41. The van der Waals surface area contributed by atoms with Gasteiger partial charge in [-0.3, -0.25) is 4.90 Å². The molecule has 21 heavy (non-hydrogen) atoms. The Kier molecular flexibility index (Phi) is 6.22. The molecule has 0 radical (unpaired) electrons. The minimum Gasteiger partial charge on any atom is -0.326 e. The molecule has 2 N–H and O–H groups in total. The molecule has 118 valence electrons. The lowest BCUT2D eigenvalue weighted by Crippen LogP contribution is -2.51. The van der Waals surface area contributed by atoms with Gasteiger partial charge in [-0.25, -0.2) is 0 Å². The van der Waals surface area contributed by atoms with E-state index in [9.17, 15) is 0 Å². The smallest absolute Gasteiger partial charge is 0.0500 e. The molecule has 0 amide bonds. The van der Waals surface area contributed by atoms with Crippen molar-refractivity contribution in [3.05, 3.63) is 35.4 Å².